The summed E-state index contributed by atoms with van der Waals surface area (Å²) in [6.07, 6.45) is 8.03. The van der Waals surface area contributed by atoms with Crippen LogP contribution in [0.2, 0.25) is 5.02 Å². The number of nitrogens with two attached hydrogens (primary N) is 1. The van der Waals surface area contributed by atoms with Gasteiger partial charge < -0.3 is 4.74 Å². The highest BCUT2D eigenvalue weighted by Gasteiger charge is 2.39. The van der Waals surface area contributed by atoms with Crippen LogP contribution < -0.4 is 11.3 Å². The minimum atomic E-state index is -0.150. The molecule has 3 N–H and O–H groups in total. The predicted molar refractivity (Wildman–Crippen MR) is 88.3 cm³/mol. The first kappa shape index (κ1) is 16.8. The maximum absolute atomic E-state index is 6.23. The summed E-state index contributed by atoms with van der Waals surface area (Å²) in [5.74, 6) is 5.89. The molecule has 0 radical (unpaired) electrons. The summed E-state index contributed by atoms with van der Waals surface area (Å²) in [4.78, 5) is 0. The summed E-state index contributed by atoms with van der Waals surface area (Å²) in [7, 11) is 0. The van der Waals surface area contributed by atoms with Crippen molar-refractivity contribution < 1.29 is 4.74 Å². The molecule has 1 unspecified atom stereocenters. The molecule has 2 rings (SSSR count). The van der Waals surface area contributed by atoms with Gasteiger partial charge in [0.1, 0.15) is 0 Å². The lowest BCUT2D eigenvalue weighted by Crippen LogP contribution is -2.56. The smallest absolute Gasteiger partial charge is 0.0851 e. The second-order valence-corrected chi connectivity index (χ2v) is 6.40. The molecular formula is C17H27ClN2O. The number of benzene rings is 1. The van der Waals surface area contributed by atoms with Crippen LogP contribution in [-0.4, -0.2) is 18.2 Å². The van der Waals surface area contributed by atoms with Crippen LogP contribution in [0.15, 0.2) is 24.3 Å². The van der Waals surface area contributed by atoms with Gasteiger partial charge in [0, 0.05) is 11.6 Å². The summed E-state index contributed by atoms with van der Waals surface area (Å²) in [6, 6.07) is 8.13. The molecule has 4 heteroatoms. The minimum absolute atomic E-state index is 0.119. The molecule has 1 atom stereocenters. The van der Waals surface area contributed by atoms with Crippen LogP contribution in [-0.2, 0) is 11.2 Å². The summed E-state index contributed by atoms with van der Waals surface area (Å²) in [6.45, 7) is 2.80. The Bertz CT molecular complexity index is 431. The number of rotatable bonds is 6. The van der Waals surface area contributed by atoms with E-state index in [9.17, 15) is 0 Å². The van der Waals surface area contributed by atoms with Crippen molar-refractivity contribution in [3.05, 3.63) is 34.9 Å². The molecule has 1 aliphatic rings. The van der Waals surface area contributed by atoms with Gasteiger partial charge in [0.25, 0.3) is 0 Å². The molecule has 0 saturated heterocycles. The second-order valence-electron chi connectivity index (χ2n) is 5.97. The summed E-state index contributed by atoms with van der Waals surface area (Å²) in [5, 5.41) is 0.773. The standard InChI is InChI=1S/C17H27ClN2O/c1-2-21-17(10-5-3-4-6-11-17)16(20-19)13-14-8-7-9-15(18)12-14/h7-9,12,16,20H,2-6,10-11,13,19H2,1H3. The third-order valence-electron chi connectivity index (χ3n) is 4.55. The van der Waals surface area contributed by atoms with E-state index in [1.54, 1.807) is 0 Å². The van der Waals surface area contributed by atoms with Gasteiger partial charge in [0.15, 0.2) is 0 Å². The number of nitrogens with one attached hydrogen (secondary N) is 1. The third kappa shape index (κ3) is 4.43. The van der Waals surface area contributed by atoms with Crippen molar-refractivity contribution in [2.75, 3.05) is 6.61 Å². The van der Waals surface area contributed by atoms with E-state index in [-0.39, 0.29) is 11.6 Å². The Hall–Kier alpha value is -0.610. The van der Waals surface area contributed by atoms with Gasteiger partial charge in [-0.3, -0.25) is 11.3 Å². The van der Waals surface area contributed by atoms with Gasteiger partial charge >= 0.3 is 0 Å². The number of hydrogen-bond acceptors (Lipinski definition) is 3. The lowest BCUT2D eigenvalue weighted by atomic mass is 9.83. The number of ether oxygens (including phenoxy) is 1. The van der Waals surface area contributed by atoms with E-state index in [2.05, 4.69) is 18.4 Å². The van der Waals surface area contributed by atoms with Gasteiger partial charge in [-0.1, -0.05) is 49.4 Å². The Kier molecular flexibility index (Phi) is 6.49. The quantitative estimate of drug-likeness (QED) is 0.477. The molecule has 0 spiro atoms. The molecule has 0 bridgehead atoms. The number of hydrazine groups is 1. The average molecular weight is 311 g/mol. The zero-order valence-electron chi connectivity index (χ0n) is 12.9. The molecule has 1 aromatic carbocycles. The normalized spacial score (nSPS) is 20.0. The molecule has 0 aliphatic heterocycles. The van der Waals surface area contributed by atoms with Crippen molar-refractivity contribution in [1.29, 1.82) is 0 Å². The lowest BCUT2D eigenvalue weighted by molar-refractivity contribution is -0.0768. The molecule has 118 valence electrons. The van der Waals surface area contributed by atoms with Crippen LogP contribution in [0, 0.1) is 0 Å². The van der Waals surface area contributed by atoms with E-state index >= 15 is 0 Å². The van der Waals surface area contributed by atoms with Gasteiger partial charge in [-0.15, -0.1) is 0 Å². The van der Waals surface area contributed by atoms with Crippen molar-refractivity contribution in [3.63, 3.8) is 0 Å². The first-order chi connectivity index (χ1) is 10.2. The molecule has 0 amide bonds. The highest BCUT2D eigenvalue weighted by atomic mass is 35.5. The summed E-state index contributed by atoms with van der Waals surface area (Å²) < 4.78 is 6.23. The van der Waals surface area contributed by atoms with Crippen LogP contribution in [0.3, 0.4) is 0 Å². The maximum atomic E-state index is 6.23. The molecule has 1 saturated carbocycles. The molecule has 0 aromatic heterocycles. The van der Waals surface area contributed by atoms with Crippen LogP contribution in [0.1, 0.15) is 51.0 Å². The SMILES string of the molecule is CCOC1(C(Cc2cccc(Cl)c2)NN)CCCCCC1. The summed E-state index contributed by atoms with van der Waals surface area (Å²) >= 11 is 6.10. The fourth-order valence-electron chi connectivity index (χ4n) is 3.50. The Labute approximate surface area is 133 Å². The van der Waals surface area contributed by atoms with Crippen molar-refractivity contribution in [1.82, 2.24) is 5.43 Å². The fourth-order valence-corrected chi connectivity index (χ4v) is 3.72. The first-order valence-corrected chi connectivity index (χ1v) is 8.42. The molecular weight excluding hydrogens is 284 g/mol. The second kappa shape index (κ2) is 8.14. The van der Waals surface area contributed by atoms with E-state index in [1.165, 1.54) is 31.2 Å². The first-order valence-electron chi connectivity index (χ1n) is 8.05. The monoisotopic (exact) mass is 310 g/mol. The molecule has 3 nitrogen and oxygen atoms in total. The average Bonchev–Trinajstić information content (AvgIpc) is 2.72. The van der Waals surface area contributed by atoms with E-state index in [0.717, 1.165) is 30.9 Å². The van der Waals surface area contributed by atoms with Crippen molar-refractivity contribution in [2.24, 2.45) is 5.84 Å². The molecule has 1 fully saturated rings. The predicted octanol–water partition coefficient (Wildman–Crippen LogP) is 3.84. The number of halogens is 1. The van der Waals surface area contributed by atoms with Gasteiger partial charge in [-0.05, 0) is 43.9 Å². The fraction of sp³-hybridized carbons (Fsp3) is 0.647. The highest BCUT2D eigenvalue weighted by molar-refractivity contribution is 6.30. The van der Waals surface area contributed by atoms with Gasteiger partial charge in [0.05, 0.1) is 11.6 Å². The minimum Gasteiger partial charge on any atom is -0.374 e. The Morgan fingerprint density at radius 1 is 1.29 bits per heavy atom. The van der Waals surface area contributed by atoms with Gasteiger partial charge in [-0.2, -0.15) is 0 Å². The Morgan fingerprint density at radius 2 is 2.00 bits per heavy atom. The largest absolute Gasteiger partial charge is 0.374 e. The molecule has 0 heterocycles. The highest BCUT2D eigenvalue weighted by Crippen LogP contribution is 2.34. The lowest BCUT2D eigenvalue weighted by Gasteiger charge is -2.40. The zero-order chi connectivity index (χ0) is 15.1. The van der Waals surface area contributed by atoms with E-state index in [1.807, 2.05) is 18.2 Å². The van der Waals surface area contributed by atoms with Crippen molar-refractivity contribution in [2.45, 2.75) is 63.5 Å². The number of hydrogen-bond donors (Lipinski definition) is 2. The Balaban J connectivity index is 2.18. The third-order valence-corrected chi connectivity index (χ3v) is 4.78. The maximum Gasteiger partial charge on any atom is 0.0851 e. The van der Waals surface area contributed by atoms with Crippen molar-refractivity contribution in [3.8, 4) is 0 Å². The topological polar surface area (TPSA) is 47.3 Å². The van der Waals surface area contributed by atoms with Crippen LogP contribution in [0.25, 0.3) is 0 Å². The van der Waals surface area contributed by atoms with E-state index in [0.29, 0.717) is 0 Å². The van der Waals surface area contributed by atoms with Crippen LogP contribution in [0.5, 0.6) is 0 Å². The zero-order valence-corrected chi connectivity index (χ0v) is 13.7. The van der Waals surface area contributed by atoms with Crippen LogP contribution in [0.4, 0.5) is 0 Å². The summed E-state index contributed by atoms with van der Waals surface area (Å²) in [5.41, 5.74) is 4.08. The van der Waals surface area contributed by atoms with Gasteiger partial charge in [0.2, 0.25) is 0 Å². The van der Waals surface area contributed by atoms with E-state index in [4.69, 9.17) is 22.2 Å². The van der Waals surface area contributed by atoms with Gasteiger partial charge in [-0.25, -0.2) is 0 Å². The van der Waals surface area contributed by atoms with Crippen molar-refractivity contribution >= 4 is 11.6 Å². The molecule has 21 heavy (non-hydrogen) atoms. The Morgan fingerprint density at radius 3 is 2.57 bits per heavy atom. The molecule has 1 aromatic rings. The molecule has 1 aliphatic carbocycles. The van der Waals surface area contributed by atoms with E-state index < -0.39 is 0 Å². The van der Waals surface area contributed by atoms with Crippen LogP contribution >= 0.6 is 11.6 Å².